The van der Waals surface area contributed by atoms with Crippen LogP contribution in [0, 0.1) is 17.7 Å². The van der Waals surface area contributed by atoms with Crippen LogP contribution in [0.25, 0.3) is 33.1 Å². The van der Waals surface area contributed by atoms with Gasteiger partial charge in [-0.2, -0.15) is 0 Å². The van der Waals surface area contributed by atoms with E-state index in [0.717, 1.165) is 0 Å². The van der Waals surface area contributed by atoms with E-state index in [4.69, 9.17) is 4.74 Å². The van der Waals surface area contributed by atoms with Crippen molar-refractivity contribution in [3.8, 4) is 28.7 Å². The van der Waals surface area contributed by atoms with Gasteiger partial charge in [-0.05, 0) is 54.4 Å². The number of imide groups is 1. The highest BCUT2D eigenvalue weighted by Gasteiger charge is 2.31. The number of hydrogen-bond donors (Lipinski definition) is 2. The number of carbonyl (C=O) groups is 3. The standard InChI is InChI=1S/C33H28FN5O5/c1-37(2)32(42)24-17-22-20(12-13-23(34)29(22)35-24)21-11-9-18(16-27(21)44-4)8-10-19-6-5-7-25-30(19)38(3)33(43)39(25)26-14-15-28(40)36-31(26)41/h5-7,9,11-13,16-17,26,35H,14-15H2,1-4H3,(H,36,40,41). The number of nitrogens with zero attached hydrogens (tertiary/aromatic N) is 3. The van der Waals surface area contributed by atoms with Crippen molar-refractivity contribution in [2.24, 2.45) is 7.05 Å². The zero-order chi connectivity index (χ0) is 31.3. The molecule has 5 aromatic rings. The van der Waals surface area contributed by atoms with Crippen LogP contribution < -0.4 is 15.7 Å². The number of fused-ring (bicyclic) bond motifs is 2. The lowest BCUT2D eigenvalue weighted by Crippen LogP contribution is -2.44. The van der Waals surface area contributed by atoms with E-state index in [9.17, 15) is 23.6 Å². The summed E-state index contributed by atoms with van der Waals surface area (Å²) < 4.78 is 23.3. The van der Waals surface area contributed by atoms with Crippen LogP contribution in [-0.4, -0.2) is 57.9 Å². The Morgan fingerprint density at radius 3 is 2.55 bits per heavy atom. The molecule has 0 spiro atoms. The highest BCUT2D eigenvalue weighted by Crippen LogP contribution is 2.37. The van der Waals surface area contributed by atoms with Gasteiger partial charge < -0.3 is 14.6 Å². The summed E-state index contributed by atoms with van der Waals surface area (Å²) >= 11 is 0. The molecule has 1 saturated heterocycles. The predicted octanol–water partition coefficient (Wildman–Crippen LogP) is 3.72. The first-order valence-electron chi connectivity index (χ1n) is 13.9. The summed E-state index contributed by atoms with van der Waals surface area (Å²) in [6.07, 6.45) is 0.390. The monoisotopic (exact) mass is 593 g/mol. The number of rotatable bonds is 4. The first-order chi connectivity index (χ1) is 21.1. The van der Waals surface area contributed by atoms with Gasteiger partial charge in [-0.25, -0.2) is 9.18 Å². The van der Waals surface area contributed by atoms with Crippen molar-refractivity contribution in [3.63, 3.8) is 0 Å². The molecule has 0 saturated carbocycles. The van der Waals surface area contributed by atoms with Crippen LogP contribution in [0.2, 0.25) is 0 Å². The van der Waals surface area contributed by atoms with E-state index >= 15 is 0 Å². The molecule has 0 radical (unpaired) electrons. The van der Waals surface area contributed by atoms with Gasteiger partial charge in [-0.15, -0.1) is 0 Å². The van der Waals surface area contributed by atoms with Gasteiger partial charge in [-0.1, -0.05) is 24.0 Å². The summed E-state index contributed by atoms with van der Waals surface area (Å²) in [6.45, 7) is 0. The van der Waals surface area contributed by atoms with Crippen LogP contribution in [0.4, 0.5) is 4.39 Å². The summed E-state index contributed by atoms with van der Waals surface area (Å²) in [5.74, 6) is 5.19. The van der Waals surface area contributed by atoms with Gasteiger partial charge in [0.25, 0.3) is 5.91 Å². The molecule has 3 amide bonds. The number of ether oxygens (including phenoxy) is 1. The molecule has 44 heavy (non-hydrogen) atoms. The van der Waals surface area contributed by atoms with Gasteiger partial charge in [0, 0.05) is 44.1 Å². The van der Waals surface area contributed by atoms with Crippen LogP contribution in [0.3, 0.4) is 0 Å². The number of nitrogens with one attached hydrogen (secondary N) is 2. The second-order valence-corrected chi connectivity index (χ2v) is 10.8. The number of benzene rings is 3. The molecule has 1 unspecified atom stereocenters. The second-order valence-electron chi connectivity index (χ2n) is 10.8. The number of aromatic amines is 1. The third-order valence-corrected chi connectivity index (χ3v) is 7.84. The lowest BCUT2D eigenvalue weighted by Gasteiger charge is -2.21. The number of halogens is 1. The van der Waals surface area contributed by atoms with Crippen molar-refractivity contribution in [2.75, 3.05) is 21.2 Å². The maximum atomic E-state index is 14.7. The van der Waals surface area contributed by atoms with E-state index in [1.165, 1.54) is 27.2 Å². The third-order valence-electron chi connectivity index (χ3n) is 7.84. The first kappa shape index (κ1) is 28.5. The topological polar surface area (TPSA) is 118 Å². The van der Waals surface area contributed by atoms with Crippen molar-refractivity contribution >= 4 is 39.7 Å². The fourth-order valence-electron chi connectivity index (χ4n) is 5.68. The quantitative estimate of drug-likeness (QED) is 0.243. The summed E-state index contributed by atoms with van der Waals surface area (Å²) in [5, 5.41) is 2.86. The maximum Gasteiger partial charge on any atom is 0.329 e. The summed E-state index contributed by atoms with van der Waals surface area (Å²) in [6, 6.07) is 14.6. The number of para-hydroxylation sites is 1. The number of hydrogen-bond acceptors (Lipinski definition) is 5. The fraction of sp³-hybridized carbons (Fsp3) is 0.212. The molecule has 1 atom stereocenters. The number of piperidine rings is 1. The van der Waals surface area contributed by atoms with Gasteiger partial charge in [-0.3, -0.25) is 28.8 Å². The number of aromatic nitrogens is 3. The molecular weight excluding hydrogens is 565 g/mol. The van der Waals surface area contributed by atoms with Crippen LogP contribution in [0.5, 0.6) is 5.75 Å². The molecule has 222 valence electrons. The molecule has 2 N–H and O–H groups in total. The van der Waals surface area contributed by atoms with Crippen LogP contribution in [0.1, 0.15) is 40.5 Å². The zero-order valence-corrected chi connectivity index (χ0v) is 24.4. The van der Waals surface area contributed by atoms with Crippen LogP contribution >= 0.6 is 0 Å². The average molecular weight is 594 g/mol. The van der Waals surface area contributed by atoms with Gasteiger partial charge in [0.15, 0.2) is 0 Å². The van der Waals surface area contributed by atoms with Gasteiger partial charge in [0.05, 0.1) is 29.2 Å². The summed E-state index contributed by atoms with van der Waals surface area (Å²) in [4.78, 5) is 54.3. The van der Waals surface area contributed by atoms with E-state index < -0.39 is 17.8 Å². The Balaban J connectivity index is 1.40. The number of imidazole rings is 1. The first-order valence-corrected chi connectivity index (χ1v) is 13.9. The molecule has 6 rings (SSSR count). The minimum absolute atomic E-state index is 0.152. The summed E-state index contributed by atoms with van der Waals surface area (Å²) in [5.41, 5.74) is 3.83. The average Bonchev–Trinajstić information content (AvgIpc) is 3.56. The van der Waals surface area contributed by atoms with E-state index in [-0.39, 0.29) is 41.6 Å². The Morgan fingerprint density at radius 2 is 1.82 bits per heavy atom. The number of methoxy groups -OCH3 is 1. The van der Waals surface area contributed by atoms with E-state index in [1.54, 1.807) is 57.5 Å². The number of carbonyl (C=O) groups excluding carboxylic acids is 3. The zero-order valence-electron chi connectivity index (χ0n) is 24.4. The fourth-order valence-corrected chi connectivity index (χ4v) is 5.68. The van der Waals surface area contributed by atoms with Gasteiger partial charge in [0.2, 0.25) is 11.8 Å². The highest BCUT2D eigenvalue weighted by atomic mass is 19.1. The van der Waals surface area contributed by atoms with Crippen molar-refractivity contribution in [1.82, 2.24) is 24.3 Å². The maximum absolute atomic E-state index is 14.7. The van der Waals surface area contributed by atoms with E-state index in [1.807, 2.05) is 12.1 Å². The molecule has 3 aromatic carbocycles. The van der Waals surface area contributed by atoms with Crippen molar-refractivity contribution in [2.45, 2.75) is 18.9 Å². The van der Waals surface area contributed by atoms with Crippen molar-refractivity contribution in [1.29, 1.82) is 0 Å². The molecule has 0 aliphatic carbocycles. The number of aryl methyl sites for hydroxylation is 1. The van der Waals surface area contributed by atoms with Crippen molar-refractivity contribution < 1.29 is 23.5 Å². The summed E-state index contributed by atoms with van der Waals surface area (Å²) in [7, 11) is 6.41. The third kappa shape index (κ3) is 4.70. The Morgan fingerprint density at radius 1 is 1.05 bits per heavy atom. The van der Waals surface area contributed by atoms with Crippen LogP contribution in [0.15, 0.2) is 59.4 Å². The Hall–Kier alpha value is -5.63. The molecule has 1 fully saturated rings. The Labute approximate surface area is 251 Å². The number of H-pyrrole nitrogens is 1. The predicted molar refractivity (Wildman–Crippen MR) is 163 cm³/mol. The molecule has 3 heterocycles. The van der Waals surface area contributed by atoms with Crippen molar-refractivity contribution in [3.05, 3.63) is 87.7 Å². The molecule has 1 aliphatic rings. The Bertz CT molecular complexity index is 2140. The van der Waals surface area contributed by atoms with E-state index in [2.05, 4.69) is 22.1 Å². The molecule has 0 bridgehead atoms. The van der Waals surface area contributed by atoms with Crippen LogP contribution in [-0.2, 0) is 16.6 Å². The normalized spacial score (nSPS) is 14.8. The van der Waals surface area contributed by atoms with Gasteiger partial charge >= 0.3 is 5.69 Å². The SMILES string of the molecule is COc1cc(C#Cc2cccc3c2n(C)c(=O)n3C2CCC(=O)NC2=O)ccc1-c1ccc(F)c2[nH]c(C(=O)N(C)C)cc12. The molecule has 10 nitrogen and oxygen atoms in total. The minimum atomic E-state index is -0.793. The molecular formula is C33H28FN5O5. The molecule has 2 aromatic heterocycles. The lowest BCUT2D eigenvalue weighted by molar-refractivity contribution is -0.135. The van der Waals surface area contributed by atoms with E-state index in [0.29, 0.717) is 44.4 Å². The highest BCUT2D eigenvalue weighted by molar-refractivity contribution is 6.04. The number of amides is 3. The minimum Gasteiger partial charge on any atom is -0.496 e. The Kier molecular flexibility index (Phi) is 7.05. The molecule has 1 aliphatic heterocycles. The second kappa shape index (κ2) is 10.9. The largest absolute Gasteiger partial charge is 0.496 e. The van der Waals surface area contributed by atoms with Gasteiger partial charge in [0.1, 0.15) is 23.3 Å². The lowest BCUT2D eigenvalue weighted by atomic mass is 9.99. The molecule has 11 heteroatoms. The smallest absolute Gasteiger partial charge is 0.329 e.